The second-order valence-corrected chi connectivity index (χ2v) is 8.70. The maximum Gasteiger partial charge on any atom is 0.416 e. The molecule has 8 nitrogen and oxygen atoms in total. The van der Waals surface area contributed by atoms with E-state index in [1.54, 1.807) is 0 Å². The summed E-state index contributed by atoms with van der Waals surface area (Å²) in [4.78, 5) is 26.8. The molecule has 0 spiro atoms. The molecule has 1 heterocycles. The van der Waals surface area contributed by atoms with Crippen LogP contribution in [-0.2, 0) is 24.1 Å². The van der Waals surface area contributed by atoms with Gasteiger partial charge in [0.15, 0.2) is 11.9 Å². The third-order valence-electron chi connectivity index (χ3n) is 5.68. The van der Waals surface area contributed by atoms with Crippen LogP contribution in [0.5, 0.6) is 0 Å². The first-order chi connectivity index (χ1) is 17.6. The summed E-state index contributed by atoms with van der Waals surface area (Å²) >= 11 is 5.84. The highest BCUT2D eigenvalue weighted by molar-refractivity contribution is 6.30. The Hall–Kier alpha value is -3.36. The number of hydrogen-bond donors (Lipinski definition) is 2. The monoisotopic (exact) mass is 566 g/mol. The standard InChI is InChI=1S/C23H21ClF6N4O4/c1-32(17(12-35)14-3-2-4-15(9-14)22(25,26)27)19(37)11-34-21(38)33(10-18(36)23(28,29)30)20(31-34)13-5-7-16(24)8-6-13/h2-9,17-18,35-36H,10-12H2,1H3/t17?,18-/m0/s1. The van der Waals surface area contributed by atoms with Crippen molar-refractivity contribution < 1.29 is 41.4 Å². The Morgan fingerprint density at radius 3 is 2.29 bits per heavy atom. The van der Waals surface area contributed by atoms with Gasteiger partial charge in [-0.2, -0.15) is 26.3 Å². The summed E-state index contributed by atoms with van der Waals surface area (Å²) in [5.74, 6) is -1.17. The highest BCUT2D eigenvalue weighted by atomic mass is 35.5. The molecule has 0 radical (unpaired) electrons. The SMILES string of the molecule is CN(C(=O)Cn1nc(-c2ccc(Cl)cc2)n(C[C@H](O)C(F)(F)F)c1=O)C(CO)c1cccc(C(F)(F)F)c1. The molecule has 0 aliphatic rings. The Labute approximate surface area is 216 Å². The second kappa shape index (κ2) is 11.2. The largest absolute Gasteiger partial charge is 0.416 e. The number of rotatable bonds is 8. The van der Waals surface area contributed by atoms with Crippen molar-refractivity contribution in [3.8, 4) is 11.4 Å². The van der Waals surface area contributed by atoms with Crippen LogP contribution in [0.4, 0.5) is 26.3 Å². The van der Waals surface area contributed by atoms with E-state index in [0.29, 0.717) is 14.3 Å². The molecule has 2 atom stereocenters. The molecule has 0 fully saturated rings. The van der Waals surface area contributed by atoms with E-state index in [0.717, 1.165) is 23.1 Å². The molecule has 0 saturated heterocycles. The second-order valence-electron chi connectivity index (χ2n) is 8.26. The van der Waals surface area contributed by atoms with Crippen molar-refractivity contribution in [2.45, 2.75) is 37.6 Å². The van der Waals surface area contributed by atoms with Gasteiger partial charge >= 0.3 is 18.0 Å². The van der Waals surface area contributed by atoms with Gasteiger partial charge in [-0.15, -0.1) is 5.10 Å². The van der Waals surface area contributed by atoms with E-state index in [9.17, 15) is 46.1 Å². The number of alkyl halides is 6. The quantitative estimate of drug-likeness (QED) is 0.407. The number of aliphatic hydroxyl groups excluding tert-OH is 2. The highest BCUT2D eigenvalue weighted by Crippen LogP contribution is 2.32. The third kappa shape index (κ3) is 6.55. The molecule has 206 valence electrons. The van der Waals surface area contributed by atoms with Crippen molar-refractivity contribution >= 4 is 17.5 Å². The topological polar surface area (TPSA) is 101 Å². The summed E-state index contributed by atoms with van der Waals surface area (Å²) in [6.45, 7) is -2.80. The predicted molar refractivity (Wildman–Crippen MR) is 123 cm³/mol. The fourth-order valence-corrected chi connectivity index (χ4v) is 3.71. The van der Waals surface area contributed by atoms with Crippen LogP contribution in [0, 0.1) is 0 Å². The van der Waals surface area contributed by atoms with E-state index in [1.807, 2.05) is 0 Å². The Morgan fingerprint density at radius 1 is 1.11 bits per heavy atom. The Kier molecular flexibility index (Phi) is 8.58. The first kappa shape index (κ1) is 29.2. The fourth-order valence-electron chi connectivity index (χ4n) is 3.58. The van der Waals surface area contributed by atoms with Crippen LogP contribution < -0.4 is 5.69 Å². The lowest BCUT2D eigenvalue weighted by molar-refractivity contribution is -0.207. The zero-order chi connectivity index (χ0) is 28.4. The van der Waals surface area contributed by atoms with Crippen molar-refractivity contribution in [2.75, 3.05) is 13.7 Å². The lowest BCUT2D eigenvalue weighted by atomic mass is 10.0. The Morgan fingerprint density at radius 2 is 1.74 bits per heavy atom. The summed E-state index contributed by atoms with van der Waals surface area (Å²) in [5, 5.41) is 23.6. The molecule has 0 aliphatic carbocycles. The van der Waals surface area contributed by atoms with Crippen molar-refractivity contribution in [3.63, 3.8) is 0 Å². The van der Waals surface area contributed by atoms with E-state index in [4.69, 9.17) is 11.6 Å². The van der Waals surface area contributed by atoms with Gasteiger partial charge in [0, 0.05) is 17.6 Å². The van der Waals surface area contributed by atoms with Gasteiger partial charge in [-0.05, 0) is 42.0 Å². The molecule has 0 bridgehead atoms. The number of aromatic nitrogens is 3. The number of carbonyl (C=O) groups excluding carboxylic acids is 1. The smallest absolute Gasteiger partial charge is 0.394 e. The van der Waals surface area contributed by atoms with Gasteiger partial charge in [-0.25, -0.2) is 9.48 Å². The first-order valence-corrected chi connectivity index (χ1v) is 11.2. The molecule has 38 heavy (non-hydrogen) atoms. The summed E-state index contributed by atoms with van der Waals surface area (Å²) in [7, 11) is 1.18. The van der Waals surface area contributed by atoms with Crippen LogP contribution in [0.25, 0.3) is 11.4 Å². The van der Waals surface area contributed by atoms with Crippen LogP contribution in [0.15, 0.2) is 53.3 Å². The Bertz CT molecular complexity index is 1340. The molecule has 2 aromatic carbocycles. The normalized spacial score (nSPS) is 13.8. The van der Waals surface area contributed by atoms with Crippen molar-refractivity contribution in [1.82, 2.24) is 19.2 Å². The number of hydrogen-bond acceptors (Lipinski definition) is 5. The van der Waals surface area contributed by atoms with E-state index in [2.05, 4.69) is 5.10 Å². The van der Waals surface area contributed by atoms with Crippen molar-refractivity contribution in [3.05, 3.63) is 75.2 Å². The number of carbonyl (C=O) groups is 1. The van der Waals surface area contributed by atoms with Crippen LogP contribution in [0.1, 0.15) is 17.2 Å². The minimum Gasteiger partial charge on any atom is -0.394 e. The first-order valence-electron chi connectivity index (χ1n) is 10.9. The van der Waals surface area contributed by atoms with Gasteiger partial charge in [0.1, 0.15) is 6.54 Å². The molecule has 0 aliphatic heterocycles. The lowest BCUT2D eigenvalue weighted by Gasteiger charge is -2.27. The molecule has 1 aromatic heterocycles. The van der Waals surface area contributed by atoms with Crippen molar-refractivity contribution in [1.29, 1.82) is 0 Å². The maximum atomic E-state index is 13.1. The van der Waals surface area contributed by atoms with Gasteiger partial charge in [-0.3, -0.25) is 9.36 Å². The highest BCUT2D eigenvalue weighted by Gasteiger charge is 2.39. The summed E-state index contributed by atoms with van der Waals surface area (Å²) in [6.07, 6.45) is -12.6. The predicted octanol–water partition coefficient (Wildman–Crippen LogP) is 3.50. The minimum absolute atomic E-state index is 0.0359. The molecular weight excluding hydrogens is 546 g/mol. The Balaban J connectivity index is 1.95. The van der Waals surface area contributed by atoms with E-state index in [-0.39, 0.29) is 17.0 Å². The van der Waals surface area contributed by atoms with Gasteiger partial charge < -0.3 is 15.1 Å². The molecule has 15 heteroatoms. The van der Waals surface area contributed by atoms with Crippen LogP contribution in [0.3, 0.4) is 0 Å². The summed E-state index contributed by atoms with van der Waals surface area (Å²) < 4.78 is 79.4. The minimum atomic E-state index is -5.05. The number of halogens is 7. The van der Waals surface area contributed by atoms with E-state index >= 15 is 0 Å². The van der Waals surface area contributed by atoms with E-state index in [1.165, 1.54) is 37.4 Å². The van der Waals surface area contributed by atoms with E-state index < -0.39 is 61.4 Å². The third-order valence-corrected chi connectivity index (χ3v) is 5.93. The summed E-state index contributed by atoms with van der Waals surface area (Å²) in [6, 6.07) is 8.26. The fraction of sp³-hybridized carbons (Fsp3) is 0.348. The van der Waals surface area contributed by atoms with Gasteiger partial charge in [0.2, 0.25) is 5.91 Å². The average molecular weight is 567 g/mol. The van der Waals surface area contributed by atoms with Crippen molar-refractivity contribution in [2.24, 2.45) is 0 Å². The molecule has 1 amide bonds. The lowest BCUT2D eigenvalue weighted by Crippen LogP contribution is -2.40. The number of aliphatic hydroxyl groups is 2. The molecule has 3 aromatic rings. The molecule has 3 rings (SSSR count). The summed E-state index contributed by atoms with van der Waals surface area (Å²) in [5.41, 5.74) is -2.02. The molecule has 1 unspecified atom stereocenters. The number of likely N-dealkylation sites (N-methyl/N-ethyl adjacent to an activating group) is 1. The molecule has 2 N–H and O–H groups in total. The maximum absolute atomic E-state index is 13.1. The zero-order valence-electron chi connectivity index (χ0n) is 19.5. The number of nitrogens with zero attached hydrogens (tertiary/aromatic N) is 4. The van der Waals surface area contributed by atoms with Crippen LogP contribution >= 0.6 is 11.6 Å². The zero-order valence-corrected chi connectivity index (χ0v) is 20.3. The van der Waals surface area contributed by atoms with Gasteiger partial charge in [0.25, 0.3) is 0 Å². The van der Waals surface area contributed by atoms with Crippen LogP contribution in [-0.4, -0.2) is 61.3 Å². The molecular formula is C23H21ClF6N4O4. The van der Waals surface area contributed by atoms with Gasteiger partial charge in [0.05, 0.1) is 24.8 Å². The molecule has 0 saturated carbocycles. The van der Waals surface area contributed by atoms with Crippen LogP contribution in [0.2, 0.25) is 5.02 Å². The number of amides is 1. The number of benzene rings is 2. The van der Waals surface area contributed by atoms with Gasteiger partial charge in [-0.1, -0.05) is 23.7 Å². The average Bonchev–Trinajstić information content (AvgIpc) is 3.14.